The predicted molar refractivity (Wildman–Crippen MR) is 69.5 cm³/mol. The van der Waals surface area contributed by atoms with Crippen LogP contribution in [0.3, 0.4) is 0 Å². The summed E-state index contributed by atoms with van der Waals surface area (Å²) in [6, 6.07) is 0.349. The highest BCUT2D eigenvalue weighted by Gasteiger charge is 2.11. The van der Waals surface area contributed by atoms with E-state index in [2.05, 4.69) is 28.9 Å². The number of carbonyl (C=O) groups is 1. The van der Waals surface area contributed by atoms with Crippen LogP contribution in [0.5, 0.6) is 0 Å². The molecule has 1 unspecified atom stereocenters. The number of methoxy groups -OCH3 is 1. The van der Waals surface area contributed by atoms with Crippen LogP contribution in [0.25, 0.3) is 0 Å². The lowest BCUT2D eigenvalue weighted by Gasteiger charge is -2.11. The molecule has 0 saturated carbocycles. The van der Waals surface area contributed by atoms with Crippen molar-refractivity contribution in [2.45, 2.75) is 19.9 Å². The molecule has 0 aromatic carbocycles. The number of esters is 1. The van der Waals surface area contributed by atoms with Crippen LogP contribution in [0.4, 0.5) is 5.13 Å². The highest BCUT2D eigenvalue weighted by Crippen LogP contribution is 2.17. The van der Waals surface area contributed by atoms with Crippen molar-refractivity contribution >= 4 is 34.2 Å². The van der Waals surface area contributed by atoms with E-state index in [1.165, 1.54) is 18.4 Å². The number of rotatable bonds is 6. The molecule has 0 aliphatic carbocycles. The molecule has 0 fully saturated rings. The van der Waals surface area contributed by atoms with Crippen LogP contribution >= 0.6 is 23.1 Å². The second kappa shape index (κ2) is 6.75. The third-order valence-corrected chi connectivity index (χ3v) is 3.76. The molecule has 1 heterocycles. The summed E-state index contributed by atoms with van der Waals surface area (Å²) in [6.45, 7) is 4.23. The van der Waals surface area contributed by atoms with E-state index in [0.717, 1.165) is 16.6 Å². The van der Waals surface area contributed by atoms with Crippen LogP contribution in [0.15, 0.2) is 5.38 Å². The zero-order chi connectivity index (χ0) is 12.0. The fraction of sp³-hybridized carbons (Fsp3) is 0.600. The van der Waals surface area contributed by atoms with Crippen LogP contribution < -0.4 is 5.32 Å². The van der Waals surface area contributed by atoms with Gasteiger partial charge in [0.05, 0.1) is 7.11 Å². The van der Waals surface area contributed by atoms with E-state index in [4.69, 9.17) is 0 Å². The monoisotopic (exact) mass is 260 g/mol. The van der Waals surface area contributed by atoms with E-state index in [-0.39, 0.29) is 5.97 Å². The Morgan fingerprint density at radius 3 is 3.12 bits per heavy atom. The molecule has 1 N–H and O–H groups in total. The van der Waals surface area contributed by atoms with Crippen molar-refractivity contribution in [2.24, 2.45) is 0 Å². The van der Waals surface area contributed by atoms with Gasteiger partial charge in [0, 0.05) is 17.2 Å². The van der Waals surface area contributed by atoms with E-state index in [1.807, 2.05) is 11.8 Å². The minimum absolute atomic E-state index is 0.349. The second-order valence-corrected chi connectivity index (χ2v) is 5.41. The molecule has 4 nitrogen and oxygen atoms in total. The Morgan fingerprint density at radius 1 is 1.75 bits per heavy atom. The van der Waals surface area contributed by atoms with E-state index in [1.54, 1.807) is 5.38 Å². The standard InChI is InChI=1S/C10H16N2O2S2/c1-4-15-5-7(2)11-10-12-8(6-16-10)9(13)14-3/h6-7H,4-5H2,1-3H3,(H,11,12). The van der Waals surface area contributed by atoms with Gasteiger partial charge in [0.15, 0.2) is 10.8 Å². The molecule has 0 radical (unpaired) electrons. The Hall–Kier alpha value is -0.750. The van der Waals surface area contributed by atoms with E-state index in [9.17, 15) is 4.79 Å². The van der Waals surface area contributed by atoms with Crippen LogP contribution in [0.1, 0.15) is 24.3 Å². The largest absolute Gasteiger partial charge is 0.464 e. The van der Waals surface area contributed by atoms with Gasteiger partial charge in [-0.2, -0.15) is 11.8 Å². The number of hydrogen-bond acceptors (Lipinski definition) is 6. The number of carbonyl (C=O) groups excluding carboxylic acids is 1. The van der Waals surface area contributed by atoms with Gasteiger partial charge in [-0.3, -0.25) is 0 Å². The van der Waals surface area contributed by atoms with Crippen molar-refractivity contribution in [3.05, 3.63) is 11.1 Å². The molecule has 16 heavy (non-hydrogen) atoms. The number of thiazole rings is 1. The van der Waals surface area contributed by atoms with Gasteiger partial charge in [-0.15, -0.1) is 11.3 Å². The maximum atomic E-state index is 11.2. The van der Waals surface area contributed by atoms with Crippen molar-refractivity contribution in [3.63, 3.8) is 0 Å². The SMILES string of the molecule is CCSCC(C)Nc1nc(C(=O)OC)cs1. The Labute approximate surface area is 104 Å². The molecule has 1 atom stereocenters. The van der Waals surface area contributed by atoms with Gasteiger partial charge >= 0.3 is 5.97 Å². The molecule has 0 aliphatic heterocycles. The van der Waals surface area contributed by atoms with Crippen LogP contribution in [0, 0.1) is 0 Å². The molecule has 0 bridgehead atoms. The van der Waals surface area contributed by atoms with Crippen molar-refractivity contribution in [1.82, 2.24) is 4.98 Å². The summed E-state index contributed by atoms with van der Waals surface area (Å²) < 4.78 is 4.59. The highest BCUT2D eigenvalue weighted by molar-refractivity contribution is 7.99. The Bertz CT molecular complexity index is 341. The zero-order valence-electron chi connectivity index (χ0n) is 9.65. The first-order valence-corrected chi connectivity index (χ1v) is 7.09. The van der Waals surface area contributed by atoms with Gasteiger partial charge in [-0.1, -0.05) is 6.92 Å². The average Bonchev–Trinajstić information content (AvgIpc) is 2.73. The lowest BCUT2D eigenvalue weighted by Crippen LogP contribution is -2.18. The topological polar surface area (TPSA) is 51.2 Å². The van der Waals surface area contributed by atoms with Crippen molar-refractivity contribution < 1.29 is 9.53 Å². The first kappa shape index (κ1) is 13.3. The summed E-state index contributed by atoms with van der Waals surface area (Å²) >= 11 is 3.30. The fourth-order valence-electron chi connectivity index (χ4n) is 1.09. The van der Waals surface area contributed by atoms with Crippen LogP contribution in [0.2, 0.25) is 0 Å². The quantitative estimate of drug-likeness (QED) is 0.796. The zero-order valence-corrected chi connectivity index (χ0v) is 11.3. The van der Waals surface area contributed by atoms with Gasteiger partial charge in [0.1, 0.15) is 0 Å². The van der Waals surface area contributed by atoms with Crippen molar-refractivity contribution in [3.8, 4) is 0 Å². The summed E-state index contributed by atoms with van der Waals surface area (Å²) in [5, 5.41) is 5.73. The van der Waals surface area contributed by atoms with E-state index >= 15 is 0 Å². The van der Waals surface area contributed by atoms with Gasteiger partial charge in [0.25, 0.3) is 0 Å². The van der Waals surface area contributed by atoms with Gasteiger partial charge < -0.3 is 10.1 Å². The number of hydrogen-bond donors (Lipinski definition) is 1. The first-order valence-electron chi connectivity index (χ1n) is 5.05. The lowest BCUT2D eigenvalue weighted by molar-refractivity contribution is 0.0595. The molecule has 0 spiro atoms. The normalized spacial score (nSPS) is 12.2. The third-order valence-electron chi connectivity index (χ3n) is 1.84. The van der Waals surface area contributed by atoms with Crippen LogP contribution in [-0.4, -0.2) is 35.6 Å². The molecule has 6 heteroatoms. The van der Waals surface area contributed by atoms with Crippen LogP contribution in [-0.2, 0) is 4.74 Å². The average molecular weight is 260 g/mol. The third kappa shape index (κ3) is 4.02. The molecule has 1 aromatic heterocycles. The minimum atomic E-state index is -0.389. The smallest absolute Gasteiger partial charge is 0.357 e. The molecular weight excluding hydrogens is 244 g/mol. The maximum absolute atomic E-state index is 11.2. The summed E-state index contributed by atoms with van der Waals surface area (Å²) in [5.74, 6) is 1.75. The Balaban J connectivity index is 2.48. The number of ether oxygens (including phenoxy) is 1. The maximum Gasteiger partial charge on any atom is 0.357 e. The first-order chi connectivity index (χ1) is 7.67. The number of nitrogens with zero attached hydrogens (tertiary/aromatic N) is 1. The number of aromatic nitrogens is 1. The fourth-order valence-corrected chi connectivity index (χ4v) is 2.55. The second-order valence-electron chi connectivity index (χ2n) is 3.23. The predicted octanol–water partition coefficient (Wildman–Crippen LogP) is 2.48. The summed E-state index contributed by atoms with van der Waals surface area (Å²) in [5.41, 5.74) is 0.366. The molecular formula is C10H16N2O2S2. The lowest BCUT2D eigenvalue weighted by atomic mass is 10.4. The number of thioether (sulfide) groups is 1. The van der Waals surface area contributed by atoms with Gasteiger partial charge in [-0.25, -0.2) is 9.78 Å². The summed E-state index contributed by atoms with van der Waals surface area (Å²) in [7, 11) is 1.36. The molecule has 1 aromatic rings. The number of nitrogens with one attached hydrogen (secondary N) is 1. The summed E-state index contributed by atoms with van der Waals surface area (Å²) in [6.07, 6.45) is 0. The molecule has 1 rings (SSSR count). The minimum Gasteiger partial charge on any atom is -0.464 e. The Morgan fingerprint density at radius 2 is 2.50 bits per heavy atom. The molecule has 0 aliphatic rings. The Kier molecular flexibility index (Phi) is 5.62. The van der Waals surface area contributed by atoms with Crippen molar-refractivity contribution in [2.75, 3.05) is 23.9 Å². The van der Waals surface area contributed by atoms with Gasteiger partial charge in [0.2, 0.25) is 0 Å². The highest BCUT2D eigenvalue weighted by atomic mass is 32.2. The molecule has 0 amide bonds. The van der Waals surface area contributed by atoms with Crippen molar-refractivity contribution in [1.29, 1.82) is 0 Å². The van der Waals surface area contributed by atoms with Gasteiger partial charge in [-0.05, 0) is 12.7 Å². The molecule has 0 saturated heterocycles. The van der Waals surface area contributed by atoms with E-state index in [0.29, 0.717) is 11.7 Å². The molecule has 90 valence electrons. The van der Waals surface area contributed by atoms with E-state index < -0.39 is 0 Å². The number of anilines is 1. The summed E-state index contributed by atoms with van der Waals surface area (Å²) in [4.78, 5) is 15.3.